The molecule has 1 N–H and O–H groups in total. The van der Waals surface area contributed by atoms with E-state index in [2.05, 4.69) is 17.4 Å². The average Bonchev–Trinajstić information content (AvgIpc) is 2.46. The SMILES string of the molecule is CNC(CSc1ccccc1)Cc1ccccc1F. The predicted molar refractivity (Wildman–Crippen MR) is 80.1 cm³/mol. The zero-order valence-electron chi connectivity index (χ0n) is 11.0. The zero-order valence-corrected chi connectivity index (χ0v) is 11.8. The van der Waals surface area contributed by atoms with Gasteiger partial charge >= 0.3 is 0 Å². The lowest BCUT2D eigenvalue weighted by atomic mass is 10.1. The summed E-state index contributed by atoms with van der Waals surface area (Å²) in [6.45, 7) is 0. The molecule has 0 bridgehead atoms. The van der Waals surface area contributed by atoms with Crippen molar-refractivity contribution >= 4 is 11.8 Å². The lowest BCUT2D eigenvalue weighted by Gasteiger charge is -2.16. The molecule has 0 amide bonds. The predicted octanol–water partition coefficient (Wildman–Crippen LogP) is 3.75. The highest BCUT2D eigenvalue weighted by Crippen LogP contribution is 2.19. The van der Waals surface area contributed by atoms with E-state index in [4.69, 9.17) is 0 Å². The summed E-state index contributed by atoms with van der Waals surface area (Å²) in [5, 5.41) is 3.26. The molecular formula is C16H18FNS. The van der Waals surface area contributed by atoms with Crippen molar-refractivity contribution in [3.63, 3.8) is 0 Å². The Bertz CT molecular complexity index is 501. The summed E-state index contributed by atoms with van der Waals surface area (Å²) in [5.41, 5.74) is 0.774. The van der Waals surface area contributed by atoms with Gasteiger partial charge in [-0.2, -0.15) is 0 Å². The molecule has 0 fully saturated rings. The van der Waals surface area contributed by atoms with Crippen LogP contribution in [0.25, 0.3) is 0 Å². The minimum Gasteiger partial charge on any atom is -0.316 e. The molecule has 0 aliphatic heterocycles. The first-order valence-corrected chi connectivity index (χ1v) is 7.36. The van der Waals surface area contributed by atoms with Crippen LogP contribution in [0.2, 0.25) is 0 Å². The van der Waals surface area contributed by atoms with Gasteiger partial charge in [-0.05, 0) is 37.2 Å². The van der Waals surface area contributed by atoms with Gasteiger partial charge < -0.3 is 5.32 Å². The fraction of sp³-hybridized carbons (Fsp3) is 0.250. The van der Waals surface area contributed by atoms with Crippen molar-refractivity contribution in [2.75, 3.05) is 12.8 Å². The summed E-state index contributed by atoms with van der Waals surface area (Å²) in [7, 11) is 1.93. The smallest absolute Gasteiger partial charge is 0.126 e. The Morgan fingerprint density at radius 2 is 1.74 bits per heavy atom. The van der Waals surface area contributed by atoms with Crippen LogP contribution in [0.4, 0.5) is 4.39 Å². The molecule has 0 aliphatic carbocycles. The molecule has 19 heavy (non-hydrogen) atoms. The molecule has 0 saturated heterocycles. The van der Waals surface area contributed by atoms with Crippen molar-refractivity contribution in [3.05, 3.63) is 66.0 Å². The summed E-state index contributed by atoms with van der Waals surface area (Å²) in [6, 6.07) is 17.5. The van der Waals surface area contributed by atoms with Crippen molar-refractivity contribution in [2.24, 2.45) is 0 Å². The van der Waals surface area contributed by atoms with Crippen molar-refractivity contribution < 1.29 is 4.39 Å². The van der Waals surface area contributed by atoms with Gasteiger partial charge in [-0.3, -0.25) is 0 Å². The topological polar surface area (TPSA) is 12.0 Å². The van der Waals surface area contributed by atoms with Gasteiger partial charge in [-0.25, -0.2) is 4.39 Å². The minimum atomic E-state index is -0.118. The third-order valence-electron chi connectivity index (χ3n) is 3.03. The monoisotopic (exact) mass is 275 g/mol. The molecule has 0 saturated carbocycles. The van der Waals surface area contributed by atoms with Crippen LogP contribution in [0.1, 0.15) is 5.56 Å². The van der Waals surface area contributed by atoms with Crippen molar-refractivity contribution in [3.8, 4) is 0 Å². The van der Waals surface area contributed by atoms with E-state index in [0.29, 0.717) is 6.42 Å². The quantitative estimate of drug-likeness (QED) is 0.806. The third-order valence-corrected chi connectivity index (χ3v) is 4.20. The second kappa shape index (κ2) is 7.31. The maximum Gasteiger partial charge on any atom is 0.126 e. The Balaban J connectivity index is 1.92. The van der Waals surface area contributed by atoms with Crippen molar-refractivity contribution in [1.82, 2.24) is 5.32 Å². The van der Waals surface area contributed by atoms with Crippen molar-refractivity contribution in [1.29, 1.82) is 0 Å². The molecule has 0 spiro atoms. The lowest BCUT2D eigenvalue weighted by Crippen LogP contribution is -2.30. The molecule has 1 unspecified atom stereocenters. The molecule has 0 heterocycles. The average molecular weight is 275 g/mol. The number of benzene rings is 2. The van der Waals surface area contributed by atoms with E-state index in [1.807, 2.05) is 37.4 Å². The maximum atomic E-state index is 13.6. The minimum absolute atomic E-state index is 0.118. The molecule has 1 atom stereocenters. The molecular weight excluding hydrogens is 257 g/mol. The van der Waals surface area contributed by atoms with Crippen LogP contribution in [0.15, 0.2) is 59.5 Å². The fourth-order valence-electron chi connectivity index (χ4n) is 1.89. The molecule has 0 aromatic heterocycles. The Hall–Kier alpha value is -1.32. The van der Waals surface area contributed by atoms with E-state index in [1.54, 1.807) is 17.8 Å². The summed E-state index contributed by atoms with van der Waals surface area (Å²) in [6.07, 6.45) is 0.711. The van der Waals surface area contributed by atoms with Gasteiger partial charge in [0, 0.05) is 16.7 Å². The van der Waals surface area contributed by atoms with Crippen LogP contribution in [0, 0.1) is 5.82 Å². The second-order valence-electron chi connectivity index (χ2n) is 4.41. The number of hydrogen-bond donors (Lipinski definition) is 1. The Labute approximate surface area is 118 Å². The second-order valence-corrected chi connectivity index (χ2v) is 5.50. The summed E-state index contributed by atoms with van der Waals surface area (Å²) < 4.78 is 13.6. The van der Waals surface area contributed by atoms with E-state index < -0.39 is 0 Å². The standard InChI is InChI=1S/C16H18FNS/c1-18-14(11-13-7-5-6-10-16(13)17)12-19-15-8-3-2-4-9-15/h2-10,14,18H,11-12H2,1H3. The summed E-state index contributed by atoms with van der Waals surface area (Å²) >= 11 is 1.79. The first kappa shape index (κ1) is 14.1. The van der Waals surface area contributed by atoms with Gasteiger partial charge in [0.2, 0.25) is 0 Å². The van der Waals surface area contributed by atoms with Gasteiger partial charge in [-0.15, -0.1) is 11.8 Å². The van der Waals surface area contributed by atoms with Gasteiger partial charge in [-0.1, -0.05) is 36.4 Å². The third kappa shape index (κ3) is 4.37. The molecule has 2 aromatic rings. The van der Waals surface area contributed by atoms with Crippen LogP contribution in [0.3, 0.4) is 0 Å². The molecule has 2 rings (SSSR count). The zero-order chi connectivity index (χ0) is 13.5. The molecule has 0 radical (unpaired) electrons. The molecule has 2 aromatic carbocycles. The van der Waals surface area contributed by atoms with E-state index in [0.717, 1.165) is 11.3 Å². The van der Waals surface area contributed by atoms with Gasteiger partial charge in [0.15, 0.2) is 0 Å². The largest absolute Gasteiger partial charge is 0.316 e. The van der Waals surface area contributed by atoms with Crippen LogP contribution in [0.5, 0.6) is 0 Å². The lowest BCUT2D eigenvalue weighted by molar-refractivity contribution is 0.568. The van der Waals surface area contributed by atoms with Crippen molar-refractivity contribution in [2.45, 2.75) is 17.4 Å². The first-order chi connectivity index (χ1) is 9.29. The first-order valence-electron chi connectivity index (χ1n) is 6.38. The number of likely N-dealkylation sites (N-methyl/N-ethyl adjacent to an activating group) is 1. The van der Waals surface area contributed by atoms with Gasteiger partial charge in [0.05, 0.1) is 0 Å². The number of rotatable bonds is 6. The molecule has 0 aliphatic rings. The Kier molecular flexibility index (Phi) is 5.43. The van der Waals surface area contributed by atoms with Gasteiger partial charge in [0.25, 0.3) is 0 Å². The number of halogens is 1. The fourth-order valence-corrected chi connectivity index (χ4v) is 2.91. The Morgan fingerprint density at radius 3 is 2.42 bits per heavy atom. The highest BCUT2D eigenvalue weighted by atomic mass is 32.2. The van der Waals surface area contributed by atoms with Crippen LogP contribution >= 0.6 is 11.8 Å². The van der Waals surface area contributed by atoms with E-state index >= 15 is 0 Å². The van der Waals surface area contributed by atoms with E-state index in [-0.39, 0.29) is 11.9 Å². The summed E-state index contributed by atoms with van der Waals surface area (Å²) in [4.78, 5) is 1.25. The van der Waals surface area contributed by atoms with E-state index in [1.165, 1.54) is 11.0 Å². The highest BCUT2D eigenvalue weighted by molar-refractivity contribution is 7.99. The van der Waals surface area contributed by atoms with Crippen LogP contribution in [-0.4, -0.2) is 18.8 Å². The molecule has 3 heteroatoms. The number of thioether (sulfide) groups is 1. The van der Waals surface area contributed by atoms with E-state index in [9.17, 15) is 4.39 Å². The Morgan fingerprint density at radius 1 is 1.05 bits per heavy atom. The van der Waals surface area contributed by atoms with Crippen LogP contribution in [-0.2, 0) is 6.42 Å². The number of nitrogens with one attached hydrogen (secondary N) is 1. The summed E-state index contributed by atoms with van der Waals surface area (Å²) in [5.74, 6) is 0.807. The molecule has 1 nitrogen and oxygen atoms in total. The van der Waals surface area contributed by atoms with Crippen LogP contribution < -0.4 is 5.32 Å². The maximum absolute atomic E-state index is 13.6. The highest BCUT2D eigenvalue weighted by Gasteiger charge is 2.10. The molecule has 100 valence electrons. The number of hydrogen-bond acceptors (Lipinski definition) is 2. The normalized spacial score (nSPS) is 12.3. The van der Waals surface area contributed by atoms with Gasteiger partial charge in [0.1, 0.15) is 5.82 Å².